The van der Waals surface area contributed by atoms with Crippen molar-refractivity contribution in [1.29, 1.82) is 0 Å². The van der Waals surface area contributed by atoms with Crippen LogP contribution in [0.3, 0.4) is 0 Å². The normalized spacial score (nSPS) is 10.4. The number of nitrogens with zero attached hydrogens (tertiary/aromatic N) is 4. The summed E-state index contributed by atoms with van der Waals surface area (Å²) in [6.45, 7) is 1.11. The highest BCUT2D eigenvalue weighted by atomic mass is 32.1. The Hall–Kier alpha value is -1.53. The Balaban J connectivity index is 2.17. The minimum absolute atomic E-state index is 0.393. The van der Waals surface area contributed by atoms with Gasteiger partial charge in [0.15, 0.2) is 5.82 Å². The van der Waals surface area contributed by atoms with Gasteiger partial charge in [-0.15, -0.1) is 11.3 Å². The molecule has 2 aromatic heterocycles. The highest BCUT2D eigenvalue weighted by Crippen LogP contribution is 2.15. The van der Waals surface area contributed by atoms with Crippen LogP contribution in [0.5, 0.6) is 0 Å². The fourth-order valence-electron chi connectivity index (χ4n) is 1.46. The predicted molar refractivity (Wildman–Crippen MR) is 64.1 cm³/mol. The maximum absolute atomic E-state index is 5.62. The predicted octanol–water partition coefficient (Wildman–Crippen LogP) is 1.03. The van der Waals surface area contributed by atoms with E-state index in [9.17, 15) is 0 Å². The van der Waals surface area contributed by atoms with Gasteiger partial charge in [-0.3, -0.25) is 4.98 Å². The Morgan fingerprint density at radius 2 is 2.12 bits per heavy atom. The summed E-state index contributed by atoms with van der Waals surface area (Å²) < 4.78 is 0. The van der Waals surface area contributed by atoms with E-state index in [0.717, 1.165) is 23.8 Å². The van der Waals surface area contributed by atoms with Crippen molar-refractivity contribution in [2.24, 2.45) is 5.73 Å². The van der Waals surface area contributed by atoms with Crippen LogP contribution in [0.2, 0.25) is 0 Å². The highest BCUT2D eigenvalue weighted by molar-refractivity contribution is 7.07. The van der Waals surface area contributed by atoms with Crippen LogP contribution in [-0.4, -0.2) is 22.0 Å². The zero-order valence-electron chi connectivity index (χ0n) is 9.00. The smallest absolute Gasteiger partial charge is 0.151 e. The van der Waals surface area contributed by atoms with Gasteiger partial charge < -0.3 is 10.6 Å². The third kappa shape index (κ3) is 2.34. The number of anilines is 1. The summed E-state index contributed by atoms with van der Waals surface area (Å²) in [6.07, 6.45) is 3.33. The highest BCUT2D eigenvalue weighted by Gasteiger charge is 2.09. The molecule has 0 bridgehead atoms. The number of hydrogen-bond acceptors (Lipinski definition) is 6. The fourth-order valence-corrected chi connectivity index (χ4v) is 2.01. The summed E-state index contributed by atoms with van der Waals surface area (Å²) in [5.41, 5.74) is 9.28. The minimum atomic E-state index is 0.393. The molecule has 0 radical (unpaired) electrons. The molecule has 0 saturated heterocycles. The van der Waals surface area contributed by atoms with Crippen molar-refractivity contribution in [3.8, 4) is 0 Å². The van der Waals surface area contributed by atoms with Gasteiger partial charge in [-0.25, -0.2) is 9.97 Å². The molecular formula is C10H13N5S. The molecule has 2 aromatic rings. The molecule has 5 nitrogen and oxygen atoms in total. The van der Waals surface area contributed by atoms with E-state index in [-0.39, 0.29) is 0 Å². The van der Waals surface area contributed by atoms with Crippen molar-refractivity contribution in [2.75, 3.05) is 11.9 Å². The van der Waals surface area contributed by atoms with Crippen LogP contribution in [0.1, 0.15) is 11.4 Å². The van der Waals surface area contributed by atoms with Crippen LogP contribution in [0.4, 0.5) is 5.82 Å². The molecule has 6 heteroatoms. The summed E-state index contributed by atoms with van der Waals surface area (Å²) in [7, 11) is 1.96. The summed E-state index contributed by atoms with van der Waals surface area (Å²) in [4.78, 5) is 14.7. The molecule has 0 saturated carbocycles. The van der Waals surface area contributed by atoms with E-state index in [0.29, 0.717) is 6.54 Å². The first-order valence-electron chi connectivity index (χ1n) is 4.89. The lowest BCUT2D eigenvalue weighted by Gasteiger charge is -2.18. The summed E-state index contributed by atoms with van der Waals surface area (Å²) in [5.74, 6) is 0.818. The molecule has 0 unspecified atom stereocenters. The van der Waals surface area contributed by atoms with E-state index in [1.165, 1.54) is 0 Å². The third-order valence-corrected chi connectivity index (χ3v) is 2.82. The van der Waals surface area contributed by atoms with E-state index in [4.69, 9.17) is 5.73 Å². The van der Waals surface area contributed by atoms with Gasteiger partial charge in [0, 0.05) is 31.4 Å². The molecule has 0 aromatic carbocycles. The van der Waals surface area contributed by atoms with Crippen LogP contribution >= 0.6 is 11.3 Å². The average molecular weight is 235 g/mol. The van der Waals surface area contributed by atoms with Gasteiger partial charge in [0.2, 0.25) is 0 Å². The topological polar surface area (TPSA) is 67.9 Å². The van der Waals surface area contributed by atoms with Crippen LogP contribution in [0.25, 0.3) is 0 Å². The largest absolute Gasteiger partial charge is 0.352 e. The van der Waals surface area contributed by atoms with Crippen LogP contribution in [0.15, 0.2) is 23.3 Å². The molecule has 0 amide bonds. The molecule has 84 valence electrons. The number of thiazole rings is 1. The fraction of sp³-hybridized carbons (Fsp3) is 0.300. The number of hydrogen-bond donors (Lipinski definition) is 1. The van der Waals surface area contributed by atoms with Crippen LogP contribution in [-0.2, 0) is 13.1 Å². The van der Waals surface area contributed by atoms with Gasteiger partial charge >= 0.3 is 0 Å². The van der Waals surface area contributed by atoms with E-state index >= 15 is 0 Å². The van der Waals surface area contributed by atoms with E-state index in [1.807, 2.05) is 22.8 Å². The first-order valence-corrected chi connectivity index (χ1v) is 5.83. The molecule has 0 fully saturated rings. The van der Waals surface area contributed by atoms with Crippen molar-refractivity contribution in [1.82, 2.24) is 15.0 Å². The molecule has 2 heterocycles. The standard InChI is InChI=1S/C10H13N5S/c1-15(5-8-6-16-7-14-8)10-9(4-11)12-2-3-13-10/h2-3,6-7H,4-5,11H2,1H3. The Bertz CT molecular complexity index is 442. The van der Waals surface area contributed by atoms with Crippen molar-refractivity contribution in [3.05, 3.63) is 34.7 Å². The van der Waals surface area contributed by atoms with Gasteiger partial charge in [-0.05, 0) is 0 Å². The molecule has 0 aliphatic heterocycles. The lowest BCUT2D eigenvalue weighted by Crippen LogP contribution is -2.21. The van der Waals surface area contributed by atoms with Gasteiger partial charge in [0.25, 0.3) is 0 Å². The summed E-state index contributed by atoms with van der Waals surface area (Å²) in [5, 5.41) is 2.02. The second-order valence-corrected chi connectivity index (χ2v) is 4.09. The van der Waals surface area contributed by atoms with Gasteiger partial charge in [-0.1, -0.05) is 0 Å². The van der Waals surface area contributed by atoms with Crippen molar-refractivity contribution < 1.29 is 0 Å². The van der Waals surface area contributed by atoms with Crippen molar-refractivity contribution in [2.45, 2.75) is 13.1 Å². The number of rotatable bonds is 4. The lowest BCUT2D eigenvalue weighted by atomic mass is 10.3. The van der Waals surface area contributed by atoms with Gasteiger partial charge in [-0.2, -0.15) is 0 Å². The Labute approximate surface area is 98.0 Å². The first-order chi connectivity index (χ1) is 7.81. The summed E-state index contributed by atoms with van der Waals surface area (Å²) >= 11 is 1.59. The first kappa shape index (κ1) is 11.0. The minimum Gasteiger partial charge on any atom is -0.352 e. The second-order valence-electron chi connectivity index (χ2n) is 3.37. The Kier molecular flexibility index (Phi) is 3.43. The van der Waals surface area contributed by atoms with E-state index < -0.39 is 0 Å². The molecule has 0 spiro atoms. The number of nitrogens with two attached hydrogens (primary N) is 1. The Morgan fingerprint density at radius 3 is 2.81 bits per heavy atom. The van der Waals surface area contributed by atoms with Crippen LogP contribution < -0.4 is 10.6 Å². The third-order valence-electron chi connectivity index (χ3n) is 2.19. The molecular weight excluding hydrogens is 222 g/mol. The van der Waals surface area contributed by atoms with Gasteiger partial charge in [0.1, 0.15) is 0 Å². The zero-order chi connectivity index (χ0) is 11.4. The van der Waals surface area contributed by atoms with Gasteiger partial charge in [0.05, 0.1) is 23.4 Å². The lowest BCUT2D eigenvalue weighted by molar-refractivity contribution is 0.838. The molecule has 16 heavy (non-hydrogen) atoms. The molecule has 0 aliphatic rings. The monoisotopic (exact) mass is 235 g/mol. The average Bonchev–Trinajstić information content (AvgIpc) is 2.81. The maximum atomic E-state index is 5.62. The summed E-state index contributed by atoms with van der Waals surface area (Å²) in [6, 6.07) is 0. The quantitative estimate of drug-likeness (QED) is 0.857. The molecule has 0 aliphatic carbocycles. The number of aromatic nitrogens is 3. The SMILES string of the molecule is CN(Cc1cscn1)c1nccnc1CN. The zero-order valence-corrected chi connectivity index (χ0v) is 9.81. The molecule has 2 N–H and O–H groups in total. The maximum Gasteiger partial charge on any atom is 0.151 e. The van der Waals surface area contributed by atoms with E-state index in [2.05, 4.69) is 15.0 Å². The van der Waals surface area contributed by atoms with Crippen molar-refractivity contribution >= 4 is 17.2 Å². The van der Waals surface area contributed by atoms with E-state index in [1.54, 1.807) is 23.7 Å². The molecule has 0 atom stereocenters. The second kappa shape index (κ2) is 5.00. The van der Waals surface area contributed by atoms with Crippen LogP contribution in [0, 0.1) is 0 Å². The van der Waals surface area contributed by atoms with Crippen molar-refractivity contribution in [3.63, 3.8) is 0 Å². The molecule has 2 rings (SSSR count). The Morgan fingerprint density at radius 1 is 1.31 bits per heavy atom.